The standard InChI is InChI=1S/C19H17ClN2O4S/c1-21-9-8-18-16(11-21)15-10-14(27(24,25)26)6-7-17(15)22(18)19(23)12-2-4-13(20)5-3-12/h2-7,10H,8-9,11H2,1H3,(H,24,25,26). The largest absolute Gasteiger partial charge is 0.302 e. The molecule has 0 aliphatic carbocycles. The van der Waals surface area contributed by atoms with Crippen molar-refractivity contribution in [1.82, 2.24) is 9.47 Å². The van der Waals surface area contributed by atoms with Gasteiger partial charge in [0.2, 0.25) is 0 Å². The van der Waals surface area contributed by atoms with E-state index in [0.29, 0.717) is 34.5 Å². The molecule has 0 fully saturated rings. The fraction of sp³-hybridized carbons (Fsp3) is 0.211. The van der Waals surface area contributed by atoms with E-state index in [4.69, 9.17) is 11.6 Å². The second-order valence-electron chi connectivity index (χ2n) is 6.71. The lowest BCUT2D eigenvalue weighted by Crippen LogP contribution is -2.28. The number of benzene rings is 2. The summed E-state index contributed by atoms with van der Waals surface area (Å²) >= 11 is 5.92. The summed E-state index contributed by atoms with van der Waals surface area (Å²) in [5.74, 6) is -0.193. The third-order valence-corrected chi connectivity index (χ3v) is 6.00. The number of hydrogen-bond acceptors (Lipinski definition) is 4. The molecule has 0 radical (unpaired) electrons. The zero-order chi connectivity index (χ0) is 19.3. The topological polar surface area (TPSA) is 79.6 Å². The van der Waals surface area contributed by atoms with Crippen LogP contribution in [0.1, 0.15) is 21.6 Å². The molecule has 27 heavy (non-hydrogen) atoms. The van der Waals surface area contributed by atoms with Crippen molar-refractivity contribution in [2.24, 2.45) is 0 Å². The van der Waals surface area contributed by atoms with Gasteiger partial charge < -0.3 is 4.90 Å². The highest BCUT2D eigenvalue weighted by Gasteiger charge is 2.27. The van der Waals surface area contributed by atoms with Crippen molar-refractivity contribution in [2.75, 3.05) is 13.6 Å². The Morgan fingerprint density at radius 2 is 1.85 bits per heavy atom. The van der Waals surface area contributed by atoms with E-state index in [0.717, 1.165) is 17.8 Å². The molecule has 3 aromatic rings. The van der Waals surface area contributed by atoms with Crippen LogP contribution >= 0.6 is 11.6 Å². The maximum absolute atomic E-state index is 13.2. The highest BCUT2D eigenvalue weighted by molar-refractivity contribution is 7.85. The smallest absolute Gasteiger partial charge is 0.294 e. The number of likely N-dealkylation sites (N-methyl/N-ethyl adjacent to an activating group) is 1. The first-order chi connectivity index (χ1) is 12.8. The van der Waals surface area contributed by atoms with Gasteiger partial charge in [-0.1, -0.05) is 11.6 Å². The van der Waals surface area contributed by atoms with E-state index in [2.05, 4.69) is 4.90 Å². The number of hydrogen-bond donors (Lipinski definition) is 1. The highest BCUT2D eigenvalue weighted by atomic mass is 35.5. The number of nitrogens with zero attached hydrogens (tertiary/aromatic N) is 2. The number of carbonyl (C=O) groups excluding carboxylic acids is 1. The lowest BCUT2D eigenvalue weighted by Gasteiger charge is -2.23. The maximum atomic E-state index is 13.2. The first-order valence-corrected chi connectivity index (χ1v) is 10.2. The Morgan fingerprint density at radius 1 is 1.15 bits per heavy atom. The van der Waals surface area contributed by atoms with Gasteiger partial charge in [-0.25, -0.2) is 0 Å². The average Bonchev–Trinajstić information content (AvgIpc) is 2.94. The molecular formula is C19H17ClN2O4S. The van der Waals surface area contributed by atoms with Crippen LogP contribution in [0.15, 0.2) is 47.4 Å². The number of fused-ring (bicyclic) bond motifs is 3. The Kier molecular flexibility index (Phi) is 4.35. The Balaban J connectivity index is 1.97. The van der Waals surface area contributed by atoms with Gasteiger partial charge in [-0.15, -0.1) is 0 Å². The Bertz CT molecular complexity index is 1170. The van der Waals surface area contributed by atoms with Crippen LogP contribution in [-0.2, 0) is 23.1 Å². The fourth-order valence-corrected chi connectivity index (χ4v) is 4.22. The average molecular weight is 405 g/mol. The van der Waals surface area contributed by atoms with Crippen LogP contribution in [0.3, 0.4) is 0 Å². The van der Waals surface area contributed by atoms with Crippen LogP contribution in [0.5, 0.6) is 0 Å². The second-order valence-corrected chi connectivity index (χ2v) is 8.57. The minimum atomic E-state index is -4.32. The summed E-state index contributed by atoms with van der Waals surface area (Å²) in [6.07, 6.45) is 0.668. The summed E-state index contributed by atoms with van der Waals surface area (Å²) in [4.78, 5) is 15.1. The predicted octanol–water partition coefficient (Wildman–Crippen LogP) is 3.22. The van der Waals surface area contributed by atoms with Crippen molar-refractivity contribution in [2.45, 2.75) is 17.9 Å². The number of rotatable bonds is 2. The Hall–Kier alpha value is -2.19. The molecule has 0 unspecified atom stereocenters. The zero-order valence-corrected chi connectivity index (χ0v) is 16.1. The van der Waals surface area contributed by atoms with Crippen molar-refractivity contribution >= 4 is 38.5 Å². The van der Waals surface area contributed by atoms with Gasteiger partial charge in [-0.2, -0.15) is 8.42 Å². The molecule has 0 saturated heterocycles. The summed E-state index contributed by atoms with van der Waals surface area (Å²) in [7, 11) is -2.35. The first-order valence-electron chi connectivity index (χ1n) is 8.38. The van der Waals surface area contributed by atoms with Crippen molar-refractivity contribution in [1.29, 1.82) is 0 Å². The Labute approximate surface area is 161 Å². The molecule has 2 heterocycles. The number of aromatic nitrogens is 1. The monoisotopic (exact) mass is 404 g/mol. The summed E-state index contributed by atoms with van der Waals surface area (Å²) in [5.41, 5.74) is 2.90. The molecule has 0 saturated carbocycles. The molecule has 2 aromatic carbocycles. The molecule has 1 N–H and O–H groups in total. The van der Waals surface area contributed by atoms with Crippen LogP contribution < -0.4 is 0 Å². The highest BCUT2D eigenvalue weighted by Crippen LogP contribution is 2.33. The molecular weight excluding hydrogens is 388 g/mol. The maximum Gasteiger partial charge on any atom is 0.294 e. The van der Waals surface area contributed by atoms with Gasteiger partial charge >= 0.3 is 0 Å². The molecule has 1 aromatic heterocycles. The molecule has 1 aliphatic heterocycles. The van der Waals surface area contributed by atoms with E-state index in [1.54, 1.807) is 34.9 Å². The van der Waals surface area contributed by atoms with E-state index in [1.807, 2.05) is 7.05 Å². The molecule has 0 bridgehead atoms. The Morgan fingerprint density at radius 3 is 2.52 bits per heavy atom. The molecule has 140 valence electrons. The van der Waals surface area contributed by atoms with Crippen LogP contribution in [0.2, 0.25) is 5.02 Å². The normalized spacial score (nSPS) is 15.1. The molecule has 1 aliphatic rings. The lowest BCUT2D eigenvalue weighted by molar-refractivity contribution is 0.0960. The summed E-state index contributed by atoms with van der Waals surface area (Å²) < 4.78 is 34.2. The SMILES string of the molecule is CN1CCc2c(c3cc(S(=O)(=O)O)ccc3n2C(=O)c2ccc(Cl)cc2)C1. The summed E-state index contributed by atoms with van der Waals surface area (Å²) in [6.45, 7) is 1.39. The van der Waals surface area contributed by atoms with E-state index in [-0.39, 0.29) is 10.8 Å². The van der Waals surface area contributed by atoms with Crippen LogP contribution in [0.4, 0.5) is 0 Å². The molecule has 0 amide bonds. The van der Waals surface area contributed by atoms with Crippen LogP contribution in [0, 0.1) is 0 Å². The third-order valence-electron chi connectivity index (χ3n) is 4.90. The van der Waals surface area contributed by atoms with E-state index in [1.165, 1.54) is 12.1 Å². The lowest BCUT2D eigenvalue weighted by atomic mass is 10.1. The minimum Gasteiger partial charge on any atom is -0.302 e. The summed E-state index contributed by atoms with van der Waals surface area (Å²) in [5, 5.41) is 1.21. The fourth-order valence-electron chi connectivity index (χ4n) is 3.59. The third kappa shape index (κ3) is 3.17. The van der Waals surface area contributed by atoms with Gasteiger partial charge in [-0.05, 0) is 55.1 Å². The van der Waals surface area contributed by atoms with Gasteiger partial charge in [0.05, 0.1) is 10.4 Å². The zero-order valence-electron chi connectivity index (χ0n) is 14.5. The van der Waals surface area contributed by atoms with E-state index < -0.39 is 10.1 Å². The quantitative estimate of drug-likeness (QED) is 0.663. The van der Waals surface area contributed by atoms with Crippen molar-refractivity contribution in [3.8, 4) is 0 Å². The van der Waals surface area contributed by atoms with Gasteiger partial charge in [0, 0.05) is 41.2 Å². The van der Waals surface area contributed by atoms with Crippen molar-refractivity contribution < 1.29 is 17.8 Å². The van der Waals surface area contributed by atoms with Gasteiger partial charge in [0.25, 0.3) is 16.0 Å². The first kappa shape index (κ1) is 18.2. The van der Waals surface area contributed by atoms with Crippen molar-refractivity contribution in [3.63, 3.8) is 0 Å². The molecule has 0 spiro atoms. The summed E-state index contributed by atoms with van der Waals surface area (Å²) in [6, 6.07) is 11.0. The van der Waals surface area contributed by atoms with Crippen molar-refractivity contribution in [3.05, 3.63) is 64.3 Å². The molecule has 8 heteroatoms. The predicted molar refractivity (Wildman–Crippen MR) is 103 cm³/mol. The van der Waals surface area contributed by atoms with E-state index >= 15 is 0 Å². The van der Waals surface area contributed by atoms with Gasteiger partial charge in [0.15, 0.2) is 0 Å². The van der Waals surface area contributed by atoms with Crippen LogP contribution in [-0.4, -0.2) is 41.9 Å². The molecule has 0 atom stereocenters. The van der Waals surface area contributed by atoms with Gasteiger partial charge in [0.1, 0.15) is 0 Å². The minimum absolute atomic E-state index is 0.179. The van der Waals surface area contributed by atoms with Gasteiger partial charge in [-0.3, -0.25) is 13.9 Å². The van der Waals surface area contributed by atoms with Crippen LogP contribution in [0.25, 0.3) is 10.9 Å². The second kappa shape index (κ2) is 6.45. The van der Waals surface area contributed by atoms with E-state index in [9.17, 15) is 17.8 Å². The number of carbonyl (C=O) groups is 1. The number of halogens is 1. The molecule has 6 nitrogen and oxygen atoms in total. The molecule has 4 rings (SSSR count).